The van der Waals surface area contributed by atoms with Crippen molar-refractivity contribution in [2.24, 2.45) is 0 Å². The number of aromatic nitrogens is 1. The lowest BCUT2D eigenvalue weighted by Gasteiger charge is -2.08. The van der Waals surface area contributed by atoms with Crippen molar-refractivity contribution in [3.63, 3.8) is 0 Å². The minimum absolute atomic E-state index is 0.292. The molecule has 0 aliphatic heterocycles. The zero-order chi connectivity index (χ0) is 15.1. The van der Waals surface area contributed by atoms with E-state index in [2.05, 4.69) is 22.5 Å². The number of pyridine rings is 1. The average Bonchev–Trinajstić information content (AvgIpc) is 2.48. The van der Waals surface area contributed by atoms with Gasteiger partial charge in [-0.3, -0.25) is 9.59 Å². The van der Waals surface area contributed by atoms with Crippen LogP contribution < -0.4 is 16.2 Å². The summed E-state index contributed by atoms with van der Waals surface area (Å²) in [5, 5.41) is 6.11. The zero-order valence-electron chi connectivity index (χ0n) is 12.0. The van der Waals surface area contributed by atoms with Gasteiger partial charge in [0.25, 0.3) is 5.91 Å². The summed E-state index contributed by atoms with van der Waals surface area (Å²) in [5.74, 6) is -0.292. The van der Waals surface area contributed by atoms with Crippen LogP contribution in [0.25, 0.3) is 0 Å². The summed E-state index contributed by atoms with van der Waals surface area (Å²) in [4.78, 5) is 25.7. The van der Waals surface area contributed by atoms with Crippen LogP contribution in [0.2, 0.25) is 0 Å². The largest absolute Gasteiger partial charge is 0.329 e. The van der Waals surface area contributed by atoms with Crippen molar-refractivity contribution in [1.29, 1.82) is 0 Å². The fourth-order valence-corrected chi connectivity index (χ4v) is 1.96. The number of anilines is 1. The van der Waals surface area contributed by atoms with Crippen molar-refractivity contribution >= 4 is 11.6 Å². The van der Waals surface area contributed by atoms with Crippen LogP contribution in [0, 0.1) is 0 Å². The molecule has 3 N–H and O–H groups in total. The van der Waals surface area contributed by atoms with Crippen LogP contribution in [0.4, 0.5) is 5.69 Å². The summed E-state index contributed by atoms with van der Waals surface area (Å²) in [6, 6.07) is 10.5. The van der Waals surface area contributed by atoms with Crippen molar-refractivity contribution in [2.75, 3.05) is 11.9 Å². The zero-order valence-corrected chi connectivity index (χ0v) is 12.0. The minimum atomic E-state index is -0.292. The van der Waals surface area contributed by atoms with Gasteiger partial charge in [-0.2, -0.15) is 0 Å². The minimum Gasteiger partial charge on any atom is -0.329 e. The highest BCUT2D eigenvalue weighted by Gasteiger charge is 2.06. The first-order chi connectivity index (χ1) is 10.2. The van der Waals surface area contributed by atoms with Crippen LogP contribution >= 0.6 is 0 Å². The summed E-state index contributed by atoms with van der Waals surface area (Å²) in [6.07, 6.45) is 2.54. The van der Waals surface area contributed by atoms with Crippen molar-refractivity contribution in [1.82, 2.24) is 10.3 Å². The molecule has 0 aliphatic carbocycles. The smallest absolute Gasteiger partial charge is 0.255 e. The van der Waals surface area contributed by atoms with Crippen molar-refractivity contribution in [2.45, 2.75) is 19.9 Å². The second-order valence-corrected chi connectivity index (χ2v) is 4.77. The van der Waals surface area contributed by atoms with E-state index in [0.29, 0.717) is 5.56 Å². The summed E-state index contributed by atoms with van der Waals surface area (Å²) >= 11 is 0. The van der Waals surface area contributed by atoms with Crippen LogP contribution in [0.1, 0.15) is 29.3 Å². The normalized spacial score (nSPS) is 10.3. The van der Waals surface area contributed by atoms with Gasteiger partial charge in [-0.05, 0) is 36.7 Å². The quantitative estimate of drug-likeness (QED) is 0.712. The first-order valence-corrected chi connectivity index (χ1v) is 6.99. The molecule has 2 aromatic rings. The molecule has 0 radical (unpaired) electrons. The third-order valence-corrected chi connectivity index (χ3v) is 2.98. The van der Waals surface area contributed by atoms with Crippen molar-refractivity contribution in [3.05, 3.63) is 64.1 Å². The highest BCUT2D eigenvalue weighted by molar-refractivity contribution is 6.04. The summed E-state index contributed by atoms with van der Waals surface area (Å²) in [5.41, 5.74) is 1.87. The van der Waals surface area contributed by atoms with Gasteiger partial charge < -0.3 is 15.6 Å². The number of rotatable bonds is 6. The molecule has 0 aliphatic rings. The predicted octanol–water partition coefficient (Wildman–Crippen LogP) is 2.13. The Kier molecular flexibility index (Phi) is 5.29. The second kappa shape index (κ2) is 7.40. The van der Waals surface area contributed by atoms with Gasteiger partial charge in [0.05, 0.1) is 0 Å². The Balaban J connectivity index is 2.04. The fourth-order valence-electron chi connectivity index (χ4n) is 1.96. The van der Waals surface area contributed by atoms with Gasteiger partial charge in [0.1, 0.15) is 0 Å². The first-order valence-electron chi connectivity index (χ1n) is 6.99. The Hall–Kier alpha value is -2.40. The van der Waals surface area contributed by atoms with E-state index in [4.69, 9.17) is 0 Å². The van der Waals surface area contributed by atoms with E-state index in [-0.39, 0.29) is 11.5 Å². The van der Waals surface area contributed by atoms with Crippen LogP contribution in [-0.2, 0) is 6.54 Å². The summed E-state index contributed by atoms with van der Waals surface area (Å²) in [6.45, 7) is 3.84. The average molecular weight is 285 g/mol. The topological polar surface area (TPSA) is 74.0 Å². The molecule has 110 valence electrons. The maximum atomic E-state index is 12.1. The first kappa shape index (κ1) is 15.0. The van der Waals surface area contributed by atoms with Gasteiger partial charge in [0.2, 0.25) is 5.56 Å². The molecule has 1 aromatic heterocycles. The number of nitrogens with one attached hydrogen (secondary N) is 3. The number of H-pyrrole nitrogens is 1. The van der Waals surface area contributed by atoms with E-state index in [9.17, 15) is 9.59 Å². The Morgan fingerprint density at radius 1 is 1.24 bits per heavy atom. The van der Waals surface area contributed by atoms with Gasteiger partial charge in [0.15, 0.2) is 0 Å². The molecule has 0 bridgehead atoms. The Morgan fingerprint density at radius 3 is 2.86 bits per heavy atom. The third kappa shape index (κ3) is 4.57. The number of carbonyl (C=O) groups excluding carboxylic acids is 1. The van der Waals surface area contributed by atoms with Crippen LogP contribution in [0.3, 0.4) is 0 Å². The van der Waals surface area contributed by atoms with E-state index in [1.807, 2.05) is 24.3 Å². The molecule has 5 heteroatoms. The molecule has 0 unspecified atom stereocenters. The maximum absolute atomic E-state index is 12.1. The van der Waals surface area contributed by atoms with E-state index >= 15 is 0 Å². The van der Waals surface area contributed by atoms with Gasteiger partial charge in [0, 0.05) is 30.1 Å². The molecular formula is C16H19N3O2. The molecule has 21 heavy (non-hydrogen) atoms. The van der Waals surface area contributed by atoms with Gasteiger partial charge in [-0.15, -0.1) is 0 Å². The van der Waals surface area contributed by atoms with Crippen molar-refractivity contribution < 1.29 is 4.79 Å². The Morgan fingerprint density at radius 2 is 2.10 bits per heavy atom. The molecule has 1 amide bonds. The summed E-state index contributed by atoms with van der Waals surface area (Å²) in [7, 11) is 0. The van der Waals surface area contributed by atoms with Gasteiger partial charge in [-0.25, -0.2) is 0 Å². The molecular weight excluding hydrogens is 266 g/mol. The van der Waals surface area contributed by atoms with Crippen molar-refractivity contribution in [3.8, 4) is 0 Å². The van der Waals surface area contributed by atoms with Gasteiger partial charge in [-0.1, -0.05) is 19.1 Å². The molecule has 0 spiro atoms. The molecule has 0 saturated heterocycles. The number of aromatic amines is 1. The fraction of sp³-hybridized carbons (Fsp3) is 0.250. The van der Waals surface area contributed by atoms with E-state index in [1.54, 1.807) is 6.07 Å². The van der Waals surface area contributed by atoms with Crippen LogP contribution in [0.5, 0.6) is 0 Å². The lowest BCUT2D eigenvalue weighted by atomic mass is 10.2. The lowest BCUT2D eigenvalue weighted by molar-refractivity contribution is 0.102. The monoisotopic (exact) mass is 285 g/mol. The lowest BCUT2D eigenvalue weighted by Crippen LogP contribution is -2.16. The summed E-state index contributed by atoms with van der Waals surface area (Å²) < 4.78 is 0. The third-order valence-electron chi connectivity index (χ3n) is 2.98. The highest BCUT2D eigenvalue weighted by Crippen LogP contribution is 2.12. The molecule has 1 aromatic carbocycles. The molecule has 1 heterocycles. The second-order valence-electron chi connectivity index (χ2n) is 4.77. The van der Waals surface area contributed by atoms with Crippen LogP contribution in [0.15, 0.2) is 47.4 Å². The number of hydrogen-bond acceptors (Lipinski definition) is 3. The number of hydrogen-bond donors (Lipinski definition) is 3. The molecule has 2 rings (SSSR count). The molecule has 0 saturated carbocycles. The molecule has 5 nitrogen and oxygen atoms in total. The number of carbonyl (C=O) groups is 1. The number of benzene rings is 1. The highest BCUT2D eigenvalue weighted by atomic mass is 16.2. The van der Waals surface area contributed by atoms with Crippen LogP contribution in [-0.4, -0.2) is 17.4 Å². The molecule has 0 atom stereocenters. The standard InChI is InChI=1S/C16H19N3O2/c1-2-7-17-11-12-4-3-5-14(9-12)19-16(21)13-6-8-18-15(20)10-13/h3-6,8-10,17H,2,7,11H2,1H3,(H,18,20)(H,19,21). The van der Waals surface area contributed by atoms with E-state index in [0.717, 1.165) is 30.8 Å². The SMILES string of the molecule is CCCNCc1cccc(NC(=O)c2cc[nH]c(=O)c2)c1. The van der Waals surface area contributed by atoms with E-state index < -0.39 is 0 Å². The maximum Gasteiger partial charge on any atom is 0.255 e. The number of amides is 1. The predicted molar refractivity (Wildman–Crippen MR) is 83.5 cm³/mol. The Labute approximate surface area is 123 Å². The van der Waals surface area contributed by atoms with Gasteiger partial charge >= 0.3 is 0 Å². The van der Waals surface area contributed by atoms with E-state index in [1.165, 1.54) is 12.3 Å². The Bertz CT molecular complexity index is 664. The molecule has 0 fully saturated rings.